The number of rotatable bonds is 1. The van der Waals surface area contributed by atoms with Crippen molar-refractivity contribution in [3.8, 4) is 0 Å². The van der Waals surface area contributed by atoms with E-state index in [9.17, 15) is 4.79 Å². The summed E-state index contributed by atoms with van der Waals surface area (Å²) in [7, 11) is 0. The summed E-state index contributed by atoms with van der Waals surface area (Å²) < 4.78 is 4.55. The SMILES string of the molecule is CC(C)(C)OC=O.N. The summed E-state index contributed by atoms with van der Waals surface area (Å²) >= 11 is 0. The standard InChI is InChI=1S/C5H10O2.H3N/c1-5(2,3)7-4-6;/h4H,1-3H3;1H3. The topological polar surface area (TPSA) is 61.3 Å². The van der Waals surface area contributed by atoms with Crippen LogP contribution < -0.4 is 6.15 Å². The first-order chi connectivity index (χ1) is 3.06. The molecule has 0 saturated carbocycles. The van der Waals surface area contributed by atoms with Gasteiger partial charge in [0.2, 0.25) is 0 Å². The Hall–Kier alpha value is -0.570. The van der Waals surface area contributed by atoms with Crippen molar-refractivity contribution in [3.63, 3.8) is 0 Å². The molecule has 0 aliphatic rings. The molecule has 0 aliphatic carbocycles. The smallest absolute Gasteiger partial charge is 0.293 e. The summed E-state index contributed by atoms with van der Waals surface area (Å²) in [5.41, 5.74) is -0.318. The van der Waals surface area contributed by atoms with Gasteiger partial charge in [-0.1, -0.05) is 0 Å². The highest BCUT2D eigenvalue weighted by atomic mass is 16.5. The van der Waals surface area contributed by atoms with Crippen molar-refractivity contribution in [2.24, 2.45) is 0 Å². The molecule has 3 heteroatoms. The first-order valence-electron chi connectivity index (χ1n) is 2.18. The van der Waals surface area contributed by atoms with E-state index in [0.29, 0.717) is 6.47 Å². The van der Waals surface area contributed by atoms with Gasteiger partial charge in [-0.15, -0.1) is 0 Å². The Morgan fingerprint density at radius 3 is 1.75 bits per heavy atom. The first-order valence-corrected chi connectivity index (χ1v) is 2.18. The molecule has 0 aromatic heterocycles. The Bertz CT molecular complexity index is 65.3. The molecule has 0 amide bonds. The third-order valence-corrected chi connectivity index (χ3v) is 0.402. The quantitative estimate of drug-likeness (QED) is 0.526. The molecule has 0 aromatic carbocycles. The molecule has 0 fully saturated rings. The van der Waals surface area contributed by atoms with Crippen LogP contribution in [0.4, 0.5) is 0 Å². The summed E-state index contributed by atoms with van der Waals surface area (Å²) in [6.07, 6.45) is 0. The Kier molecular flexibility index (Phi) is 4.47. The van der Waals surface area contributed by atoms with Gasteiger partial charge in [-0.25, -0.2) is 0 Å². The van der Waals surface area contributed by atoms with Gasteiger partial charge in [-0.2, -0.15) is 0 Å². The van der Waals surface area contributed by atoms with Gasteiger partial charge >= 0.3 is 0 Å². The van der Waals surface area contributed by atoms with Gasteiger partial charge in [0.25, 0.3) is 6.47 Å². The molecule has 0 spiro atoms. The summed E-state index contributed by atoms with van der Waals surface area (Å²) in [6.45, 7) is 5.92. The van der Waals surface area contributed by atoms with Gasteiger partial charge in [0.1, 0.15) is 5.60 Å². The van der Waals surface area contributed by atoms with Crippen LogP contribution in [0.25, 0.3) is 0 Å². The maximum absolute atomic E-state index is 9.60. The zero-order valence-electron chi connectivity index (χ0n) is 5.60. The number of carbonyl (C=O) groups excluding carboxylic acids is 1. The van der Waals surface area contributed by atoms with E-state index in [1.54, 1.807) is 0 Å². The van der Waals surface area contributed by atoms with Crippen LogP contribution in [0.2, 0.25) is 0 Å². The molecule has 3 nitrogen and oxygen atoms in total. The number of carbonyl (C=O) groups is 1. The van der Waals surface area contributed by atoms with Crippen LogP contribution in [0.15, 0.2) is 0 Å². The summed E-state index contributed by atoms with van der Waals surface area (Å²) in [5, 5.41) is 0. The molecule has 0 aliphatic heterocycles. The maximum atomic E-state index is 9.60. The zero-order chi connectivity index (χ0) is 5.91. The summed E-state index contributed by atoms with van der Waals surface area (Å²) in [6, 6.07) is 0. The zero-order valence-corrected chi connectivity index (χ0v) is 5.60. The molecule has 0 unspecified atom stereocenters. The monoisotopic (exact) mass is 119 g/mol. The maximum Gasteiger partial charge on any atom is 0.293 e. The number of hydrogen-bond acceptors (Lipinski definition) is 3. The van der Waals surface area contributed by atoms with Crippen molar-refractivity contribution in [3.05, 3.63) is 0 Å². The molecule has 8 heavy (non-hydrogen) atoms. The van der Waals surface area contributed by atoms with Gasteiger partial charge in [-0.3, -0.25) is 4.79 Å². The number of ether oxygens (including phenoxy) is 1. The average molecular weight is 119 g/mol. The fourth-order valence-electron chi connectivity index (χ4n) is 0.144. The highest BCUT2D eigenvalue weighted by Crippen LogP contribution is 2.02. The van der Waals surface area contributed by atoms with Crippen molar-refractivity contribution in [1.82, 2.24) is 6.15 Å². The van der Waals surface area contributed by atoms with Crippen LogP contribution in [0.5, 0.6) is 0 Å². The second-order valence-electron chi connectivity index (χ2n) is 2.33. The van der Waals surface area contributed by atoms with Crippen LogP contribution in [0, 0.1) is 0 Å². The fourth-order valence-corrected chi connectivity index (χ4v) is 0.144. The first kappa shape index (κ1) is 10.4. The van der Waals surface area contributed by atoms with E-state index in [1.807, 2.05) is 20.8 Å². The van der Waals surface area contributed by atoms with E-state index in [1.165, 1.54) is 0 Å². The minimum Gasteiger partial charge on any atom is -0.462 e. The van der Waals surface area contributed by atoms with Crippen LogP contribution >= 0.6 is 0 Å². The fraction of sp³-hybridized carbons (Fsp3) is 0.800. The Morgan fingerprint density at radius 2 is 1.75 bits per heavy atom. The van der Waals surface area contributed by atoms with Crippen molar-refractivity contribution < 1.29 is 9.53 Å². The van der Waals surface area contributed by atoms with E-state index < -0.39 is 0 Å². The molecule has 0 radical (unpaired) electrons. The average Bonchev–Trinajstić information content (AvgIpc) is 1.30. The van der Waals surface area contributed by atoms with Gasteiger partial charge < -0.3 is 10.9 Å². The van der Waals surface area contributed by atoms with E-state index >= 15 is 0 Å². The lowest BCUT2D eigenvalue weighted by molar-refractivity contribution is -0.138. The molecule has 0 heterocycles. The van der Waals surface area contributed by atoms with Crippen molar-refractivity contribution in [2.75, 3.05) is 0 Å². The molecule has 0 aromatic rings. The third kappa shape index (κ3) is 9.06. The molecular weight excluding hydrogens is 106 g/mol. The van der Waals surface area contributed by atoms with E-state index in [4.69, 9.17) is 0 Å². The van der Waals surface area contributed by atoms with Crippen LogP contribution in [-0.4, -0.2) is 12.1 Å². The summed E-state index contributed by atoms with van der Waals surface area (Å²) in [4.78, 5) is 9.60. The molecule has 0 atom stereocenters. The van der Waals surface area contributed by atoms with Gasteiger partial charge in [0.15, 0.2) is 0 Å². The highest BCUT2D eigenvalue weighted by Gasteiger charge is 2.07. The minimum atomic E-state index is -0.318. The second-order valence-corrected chi connectivity index (χ2v) is 2.33. The normalized spacial score (nSPS) is 9.38. The largest absolute Gasteiger partial charge is 0.462 e. The van der Waals surface area contributed by atoms with Crippen molar-refractivity contribution in [2.45, 2.75) is 26.4 Å². The Balaban J connectivity index is 0. The third-order valence-electron chi connectivity index (χ3n) is 0.402. The Morgan fingerprint density at radius 1 is 1.38 bits per heavy atom. The second kappa shape index (κ2) is 3.43. The predicted molar refractivity (Wildman–Crippen MR) is 31.9 cm³/mol. The van der Waals surface area contributed by atoms with E-state index in [0.717, 1.165) is 0 Å². The molecule has 0 saturated heterocycles. The van der Waals surface area contributed by atoms with Gasteiger partial charge in [0.05, 0.1) is 0 Å². The minimum absolute atomic E-state index is 0. The van der Waals surface area contributed by atoms with Crippen LogP contribution in [0.1, 0.15) is 20.8 Å². The van der Waals surface area contributed by atoms with Gasteiger partial charge in [-0.05, 0) is 20.8 Å². The highest BCUT2D eigenvalue weighted by molar-refractivity contribution is 5.37. The summed E-state index contributed by atoms with van der Waals surface area (Å²) in [5.74, 6) is 0. The van der Waals surface area contributed by atoms with E-state index in [-0.39, 0.29) is 11.8 Å². The molecular formula is C5H13NO2. The molecule has 50 valence electrons. The van der Waals surface area contributed by atoms with Gasteiger partial charge in [0, 0.05) is 0 Å². The van der Waals surface area contributed by atoms with E-state index in [2.05, 4.69) is 4.74 Å². The van der Waals surface area contributed by atoms with Crippen molar-refractivity contribution in [1.29, 1.82) is 0 Å². The lowest BCUT2D eigenvalue weighted by atomic mass is 10.2. The lowest BCUT2D eigenvalue weighted by Gasteiger charge is -2.14. The molecule has 0 rings (SSSR count). The van der Waals surface area contributed by atoms with Crippen molar-refractivity contribution >= 4 is 6.47 Å². The lowest BCUT2D eigenvalue weighted by Crippen LogP contribution is -2.17. The molecule has 3 N–H and O–H groups in total. The molecule has 0 bridgehead atoms. The van der Waals surface area contributed by atoms with Crippen LogP contribution in [0.3, 0.4) is 0 Å². The Labute approximate surface area is 49.6 Å². The number of hydrogen-bond donors (Lipinski definition) is 1. The predicted octanol–water partition coefficient (Wildman–Crippen LogP) is 1.12. The van der Waals surface area contributed by atoms with Crippen LogP contribution in [-0.2, 0) is 9.53 Å².